The van der Waals surface area contributed by atoms with Crippen molar-refractivity contribution in [2.45, 2.75) is 6.92 Å². The number of carbonyl (C=O) groups is 1. The molecular weight excluding hydrogens is 234 g/mol. The quantitative estimate of drug-likeness (QED) is 0.747. The van der Waals surface area contributed by atoms with Gasteiger partial charge in [0, 0.05) is 12.2 Å². The summed E-state index contributed by atoms with van der Waals surface area (Å²) in [6, 6.07) is 9.36. The van der Waals surface area contributed by atoms with Gasteiger partial charge in [0.25, 0.3) is 0 Å². The molecule has 1 aromatic rings. The number of carbonyl (C=O) groups excluding carboxylic acids is 1. The third-order valence-electron chi connectivity index (χ3n) is 2.25. The standard InChI is InChI=1S/C12H17N3OS/c1-2-15(8-11(13)17)9-12(16)14-10-6-4-3-5-7-10/h3-7H,2,8-9H2,1H3,(H2,13,17)(H,14,16). The Hall–Kier alpha value is -1.46. The first-order valence-corrected chi connectivity index (χ1v) is 5.88. The molecule has 0 aliphatic heterocycles. The van der Waals surface area contributed by atoms with E-state index in [-0.39, 0.29) is 5.91 Å². The van der Waals surface area contributed by atoms with E-state index in [1.807, 2.05) is 42.2 Å². The van der Waals surface area contributed by atoms with Crippen molar-refractivity contribution >= 4 is 28.8 Å². The van der Waals surface area contributed by atoms with Gasteiger partial charge in [0.15, 0.2) is 0 Å². The van der Waals surface area contributed by atoms with Crippen molar-refractivity contribution in [3.63, 3.8) is 0 Å². The van der Waals surface area contributed by atoms with Crippen LogP contribution in [0.4, 0.5) is 5.69 Å². The van der Waals surface area contributed by atoms with Gasteiger partial charge in [-0.25, -0.2) is 0 Å². The number of likely N-dealkylation sites (N-methyl/N-ethyl adjacent to an activating group) is 1. The third kappa shape index (κ3) is 5.42. The van der Waals surface area contributed by atoms with E-state index in [1.54, 1.807) is 0 Å². The average molecular weight is 251 g/mol. The van der Waals surface area contributed by atoms with E-state index >= 15 is 0 Å². The van der Waals surface area contributed by atoms with Crippen molar-refractivity contribution in [3.05, 3.63) is 30.3 Å². The number of hydrogen-bond donors (Lipinski definition) is 2. The van der Waals surface area contributed by atoms with Gasteiger partial charge in [-0.3, -0.25) is 9.69 Å². The maximum atomic E-state index is 11.7. The van der Waals surface area contributed by atoms with Crippen molar-refractivity contribution in [1.29, 1.82) is 0 Å². The number of thiocarbonyl (C=S) groups is 1. The Bertz CT molecular complexity index is 381. The molecule has 0 unspecified atom stereocenters. The van der Waals surface area contributed by atoms with Crippen molar-refractivity contribution < 1.29 is 4.79 Å². The van der Waals surface area contributed by atoms with Gasteiger partial charge in [-0.15, -0.1) is 0 Å². The van der Waals surface area contributed by atoms with Crippen LogP contribution in [-0.2, 0) is 4.79 Å². The number of nitrogens with zero attached hydrogens (tertiary/aromatic N) is 1. The molecule has 0 aliphatic carbocycles. The Morgan fingerprint density at radius 2 is 2.00 bits per heavy atom. The van der Waals surface area contributed by atoms with Crippen LogP contribution in [-0.4, -0.2) is 35.4 Å². The Balaban J connectivity index is 2.45. The molecule has 4 nitrogen and oxygen atoms in total. The summed E-state index contributed by atoms with van der Waals surface area (Å²) in [4.78, 5) is 14.0. The lowest BCUT2D eigenvalue weighted by Crippen LogP contribution is -2.38. The zero-order chi connectivity index (χ0) is 12.7. The number of benzene rings is 1. The fourth-order valence-corrected chi connectivity index (χ4v) is 1.61. The average Bonchev–Trinajstić information content (AvgIpc) is 2.28. The molecule has 0 atom stereocenters. The lowest BCUT2D eigenvalue weighted by atomic mass is 10.3. The Morgan fingerprint density at radius 1 is 1.35 bits per heavy atom. The van der Waals surface area contributed by atoms with Crippen LogP contribution in [0.2, 0.25) is 0 Å². The van der Waals surface area contributed by atoms with Crippen LogP contribution in [0, 0.1) is 0 Å². The van der Waals surface area contributed by atoms with E-state index in [1.165, 1.54) is 0 Å². The summed E-state index contributed by atoms with van der Waals surface area (Å²) in [5.41, 5.74) is 6.25. The summed E-state index contributed by atoms with van der Waals surface area (Å²) in [6.07, 6.45) is 0. The largest absolute Gasteiger partial charge is 0.392 e. The summed E-state index contributed by atoms with van der Waals surface area (Å²) >= 11 is 4.83. The zero-order valence-electron chi connectivity index (χ0n) is 9.85. The number of amides is 1. The molecule has 0 spiro atoms. The van der Waals surface area contributed by atoms with Gasteiger partial charge in [0.1, 0.15) is 0 Å². The molecule has 3 N–H and O–H groups in total. The summed E-state index contributed by atoms with van der Waals surface area (Å²) < 4.78 is 0. The Labute approximate surface area is 107 Å². The van der Waals surface area contributed by atoms with E-state index in [0.29, 0.717) is 18.1 Å². The number of anilines is 1. The molecule has 92 valence electrons. The van der Waals surface area contributed by atoms with Crippen LogP contribution in [0.1, 0.15) is 6.92 Å². The number of rotatable bonds is 6. The molecule has 1 rings (SSSR count). The topological polar surface area (TPSA) is 58.4 Å². The lowest BCUT2D eigenvalue weighted by Gasteiger charge is -2.18. The minimum atomic E-state index is -0.0608. The van der Waals surface area contributed by atoms with Gasteiger partial charge in [-0.05, 0) is 18.7 Å². The normalized spacial score (nSPS) is 10.2. The smallest absolute Gasteiger partial charge is 0.238 e. The summed E-state index contributed by atoms with van der Waals surface area (Å²) in [6.45, 7) is 3.46. The monoisotopic (exact) mass is 251 g/mol. The van der Waals surface area contributed by atoms with E-state index in [9.17, 15) is 4.79 Å². The molecule has 17 heavy (non-hydrogen) atoms. The van der Waals surface area contributed by atoms with Crippen LogP contribution >= 0.6 is 12.2 Å². The highest BCUT2D eigenvalue weighted by Gasteiger charge is 2.09. The molecule has 0 aliphatic rings. The molecule has 0 heterocycles. The van der Waals surface area contributed by atoms with E-state index < -0.39 is 0 Å². The minimum Gasteiger partial charge on any atom is -0.392 e. The molecule has 5 heteroatoms. The molecular formula is C12H17N3OS. The number of nitrogens with two attached hydrogens (primary N) is 1. The second-order valence-corrected chi connectivity index (χ2v) is 4.21. The molecule has 0 fully saturated rings. The third-order valence-corrected chi connectivity index (χ3v) is 2.38. The van der Waals surface area contributed by atoms with E-state index in [4.69, 9.17) is 18.0 Å². The van der Waals surface area contributed by atoms with Crippen LogP contribution < -0.4 is 11.1 Å². The summed E-state index contributed by atoms with van der Waals surface area (Å²) in [5, 5.41) is 2.82. The predicted octanol–water partition coefficient (Wildman–Crippen LogP) is 1.23. The predicted molar refractivity (Wildman–Crippen MR) is 74.0 cm³/mol. The molecule has 0 bridgehead atoms. The maximum Gasteiger partial charge on any atom is 0.238 e. The lowest BCUT2D eigenvalue weighted by molar-refractivity contribution is -0.117. The van der Waals surface area contributed by atoms with Crippen molar-refractivity contribution in [1.82, 2.24) is 4.90 Å². The van der Waals surface area contributed by atoms with Gasteiger partial charge in [-0.1, -0.05) is 37.3 Å². The van der Waals surface area contributed by atoms with Crippen LogP contribution in [0.15, 0.2) is 30.3 Å². The molecule has 0 aromatic heterocycles. The first-order chi connectivity index (χ1) is 8.11. The van der Waals surface area contributed by atoms with Crippen LogP contribution in [0.3, 0.4) is 0 Å². The molecule has 0 saturated heterocycles. The summed E-state index contributed by atoms with van der Waals surface area (Å²) in [5.74, 6) is -0.0608. The van der Waals surface area contributed by atoms with Gasteiger partial charge in [-0.2, -0.15) is 0 Å². The Morgan fingerprint density at radius 3 is 2.53 bits per heavy atom. The van der Waals surface area contributed by atoms with Crippen molar-refractivity contribution in [2.24, 2.45) is 5.73 Å². The second kappa shape index (κ2) is 6.98. The van der Waals surface area contributed by atoms with E-state index in [2.05, 4.69) is 5.32 Å². The van der Waals surface area contributed by atoms with E-state index in [0.717, 1.165) is 12.2 Å². The van der Waals surface area contributed by atoms with Crippen LogP contribution in [0.5, 0.6) is 0 Å². The molecule has 1 amide bonds. The summed E-state index contributed by atoms with van der Waals surface area (Å²) in [7, 11) is 0. The number of nitrogens with one attached hydrogen (secondary N) is 1. The van der Waals surface area contributed by atoms with Crippen LogP contribution in [0.25, 0.3) is 0 Å². The van der Waals surface area contributed by atoms with Gasteiger partial charge < -0.3 is 11.1 Å². The second-order valence-electron chi connectivity index (χ2n) is 3.68. The number of hydrogen-bond acceptors (Lipinski definition) is 3. The number of para-hydroxylation sites is 1. The molecule has 0 radical (unpaired) electrons. The fraction of sp³-hybridized carbons (Fsp3) is 0.333. The maximum absolute atomic E-state index is 11.7. The molecule has 1 aromatic carbocycles. The van der Waals surface area contributed by atoms with Crippen molar-refractivity contribution in [2.75, 3.05) is 25.0 Å². The molecule has 0 saturated carbocycles. The minimum absolute atomic E-state index is 0.0608. The highest BCUT2D eigenvalue weighted by molar-refractivity contribution is 7.80. The Kier molecular flexibility index (Phi) is 5.59. The SMILES string of the molecule is CCN(CC(=O)Nc1ccccc1)CC(N)=S. The first kappa shape index (κ1) is 13.6. The fourth-order valence-electron chi connectivity index (χ4n) is 1.42. The zero-order valence-corrected chi connectivity index (χ0v) is 10.7. The first-order valence-electron chi connectivity index (χ1n) is 5.47. The van der Waals surface area contributed by atoms with Gasteiger partial charge in [0.05, 0.1) is 11.5 Å². The highest BCUT2D eigenvalue weighted by Crippen LogP contribution is 2.04. The van der Waals surface area contributed by atoms with Gasteiger partial charge in [0.2, 0.25) is 5.91 Å². The van der Waals surface area contributed by atoms with Gasteiger partial charge >= 0.3 is 0 Å². The van der Waals surface area contributed by atoms with Crippen molar-refractivity contribution in [3.8, 4) is 0 Å². The highest BCUT2D eigenvalue weighted by atomic mass is 32.1.